The molecule has 0 aliphatic carbocycles. The van der Waals surface area contributed by atoms with Crippen LogP contribution < -0.4 is 15.5 Å². The van der Waals surface area contributed by atoms with E-state index < -0.39 is 0 Å². The summed E-state index contributed by atoms with van der Waals surface area (Å²) in [6, 6.07) is 16.6. The van der Waals surface area contributed by atoms with Crippen molar-refractivity contribution in [2.75, 3.05) is 28.6 Å². The molecule has 6 heteroatoms. The summed E-state index contributed by atoms with van der Waals surface area (Å²) in [5.74, 6) is -0.153. The van der Waals surface area contributed by atoms with Crippen molar-refractivity contribution in [1.82, 2.24) is 4.98 Å². The fourth-order valence-corrected chi connectivity index (χ4v) is 4.40. The van der Waals surface area contributed by atoms with E-state index in [0.717, 1.165) is 36.5 Å². The lowest BCUT2D eigenvalue weighted by Crippen LogP contribution is -2.20. The van der Waals surface area contributed by atoms with Gasteiger partial charge >= 0.3 is 0 Å². The monoisotopic (exact) mass is 414 g/mol. The van der Waals surface area contributed by atoms with Crippen LogP contribution in [0.4, 0.5) is 21.5 Å². The largest absolute Gasteiger partial charge is 0.371 e. The molecule has 1 saturated heterocycles. The summed E-state index contributed by atoms with van der Waals surface area (Å²) in [6.07, 6.45) is 4.59. The molecular formula is C25H23FN4O. The summed E-state index contributed by atoms with van der Waals surface area (Å²) in [5.41, 5.74) is 6.03. The second-order valence-electron chi connectivity index (χ2n) is 8.03. The fraction of sp³-hybridized carbons (Fsp3) is 0.200. The number of halogens is 1. The van der Waals surface area contributed by atoms with Gasteiger partial charge in [-0.05, 0) is 67.4 Å². The first-order chi connectivity index (χ1) is 15.1. The average Bonchev–Trinajstić information content (AvgIpc) is 3.37. The van der Waals surface area contributed by atoms with Gasteiger partial charge in [-0.3, -0.25) is 9.78 Å². The van der Waals surface area contributed by atoms with Gasteiger partial charge in [-0.1, -0.05) is 6.07 Å². The predicted octanol–water partition coefficient (Wildman–Crippen LogP) is 4.93. The highest BCUT2D eigenvalue weighted by atomic mass is 19.1. The molecule has 1 aromatic heterocycles. The summed E-state index contributed by atoms with van der Waals surface area (Å²) in [5, 5.41) is 5.96. The first kappa shape index (κ1) is 19.3. The van der Waals surface area contributed by atoms with Crippen molar-refractivity contribution in [3.63, 3.8) is 0 Å². The number of rotatable bonds is 4. The Morgan fingerprint density at radius 2 is 2.10 bits per heavy atom. The third-order valence-corrected chi connectivity index (χ3v) is 5.98. The number of carbonyl (C=O) groups is 1. The molecule has 0 spiro atoms. The summed E-state index contributed by atoms with van der Waals surface area (Å²) in [6.45, 7) is 4.05. The maximum atomic E-state index is 13.6. The molecule has 1 fully saturated rings. The maximum absolute atomic E-state index is 13.6. The molecule has 1 unspecified atom stereocenters. The van der Waals surface area contributed by atoms with Gasteiger partial charge in [0, 0.05) is 59.7 Å². The van der Waals surface area contributed by atoms with Gasteiger partial charge in [0.1, 0.15) is 5.82 Å². The molecular weight excluding hydrogens is 391 g/mol. The van der Waals surface area contributed by atoms with E-state index >= 15 is 0 Å². The number of aryl methyl sites for hydroxylation is 1. The van der Waals surface area contributed by atoms with Crippen LogP contribution >= 0.6 is 0 Å². The molecule has 2 aliphatic rings. The topological polar surface area (TPSA) is 57.3 Å². The lowest BCUT2D eigenvalue weighted by Gasteiger charge is -2.21. The molecule has 5 nitrogen and oxygen atoms in total. The molecule has 1 atom stereocenters. The number of benzene rings is 2. The predicted molar refractivity (Wildman–Crippen MR) is 122 cm³/mol. The van der Waals surface area contributed by atoms with Crippen molar-refractivity contribution in [3.8, 4) is 0 Å². The lowest BCUT2D eigenvalue weighted by atomic mass is 10.0. The molecule has 0 bridgehead atoms. The number of nitrogens with one attached hydrogen (secondary N) is 2. The Balaban J connectivity index is 1.31. The first-order valence-corrected chi connectivity index (χ1v) is 10.4. The van der Waals surface area contributed by atoms with Crippen LogP contribution in [0.15, 0.2) is 67.0 Å². The Morgan fingerprint density at radius 1 is 1.19 bits per heavy atom. The number of hydrogen-bond donors (Lipinski definition) is 2. The highest BCUT2D eigenvalue weighted by Crippen LogP contribution is 2.34. The van der Waals surface area contributed by atoms with Crippen LogP contribution in [0.2, 0.25) is 0 Å². The molecule has 2 N–H and O–H groups in total. The molecule has 2 aromatic carbocycles. The minimum Gasteiger partial charge on any atom is -0.371 e. The lowest BCUT2D eigenvalue weighted by molar-refractivity contribution is -0.110. The van der Waals surface area contributed by atoms with E-state index in [1.807, 2.05) is 24.4 Å². The Bertz CT molecular complexity index is 1180. The van der Waals surface area contributed by atoms with E-state index in [2.05, 4.69) is 45.6 Å². The summed E-state index contributed by atoms with van der Waals surface area (Å²) >= 11 is 0. The van der Waals surface area contributed by atoms with Crippen molar-refractivity contribution in [1.29, 1.82) is 0 Å². The Kier molecular flexibility index (Phi) is 4.90. The quantitative estimate of drug-likeness (QED) is 0.595. The summed E-state index contributed by atoms with van der Waals surface area (Å²) in [7, 11) is 0. The van der Waals surface area contributed by atoms with Gasteiger partial charge in [0.2, 0.25) is 0 Å². The number of amides is 1. The number of carbonyl (C=O) groups excluding carboxylic acids is 1. The smallest absolute Gasteiger partial charge is 0.257 e. The molecule has 5 rings (SSSR count). The van der Waals surface area contributed by atoms with Crippen molar-refractivity contribution in [3.05, 3.63) is 89.6 Å². The van der Waals surface area contributed by atoms with Crippen LogP contribution in [0.3, 0.4) is 0 Å². The molecule has 2 aliphatic heterocycles. The first-order valence-electron chi connectivity index (χ1n) is 10.4. The zero-order valence-corrected chi connectivity index (χ0v) is 17.2. The van der Waals surface area contributed by atoms with E-state index in [0.29, 0.717) is 22.7 Å². The normalized spacial score (nSPS) is 18.9. The fourth-order valence-electron chi connectivity index (χ4n) is 4.40. The van der Waals surface area contributed by atoms with Gasteiger partial charge in [0.15, 0.2) is 0 Å². The van der Waals surface area contributed by atoms with E-state index in [4.69, 9.17) is 0 Å². The number of hydrogen-bond acceptors (Lipinski definition) is 4. The second-order valence-corrected chi connectivity index (χ2v) is 8.03. The Morgan fingerprint density at radius 3 is 2.90 bits per heavy atom. The average molecular weight is 414 g/mol. The highest BCUT2D eigenvalue weighted by molar-refractivity contribution is 6.31. The molecule has 31 heavy (non-hydrogen) atoms. The summed E-state index contributed by atoms with van der Waals surface area (Å²) in [4.78, 5) is 19.2. The zero-order chi connectivity index (χ0) is 21.4. The number of nitrogens with zero attached hydrogens (tertiary/aromatic N) is 2. The minimum absolute atomic E-state index is 0.237. The van der Waals surface area contributed by atoms with Gasteiger partial charge in [0.05, 0.1) is 5.57 Å². The van der Waals surface area contributed by atoms with E-state index in [-0.39, 0.29) is 11.7 Å². The second kappa shape index (κ2) is 7.87. The van der Waals surface area contributed by atoms with Crippen LogP contribution in [0.25, 0.3) is 5.57 Å². The standard InChI is InChI=1S/C25H23FN4O/c1-16-12-19(28-14-21-20-13-18(26)5-7-23(20)29-25(21)31)6-8-24(16)30-11-9-17(15-30)22-4-2-3-10-27-22/h2-8,10,12-14,17,28H,9,11,15H2,1H3,(H,29,31). The number of pyridine rings is 1. The van der Waals surface area contributed by atoms with Crippen molar-refractivity contribution in [2.45, 2.75) is 19.3 Å². The van der Waals surface area contributed by atoms with E-state index in [1.54, 1.807) is 12.3 Å². The molecule has 3 aromatic rings. The third kappa shape index (κ3) is 3.77. The minimum atomic E-state index is -0.365. The third-order valence-electron chi connectivity index (χ3n) is 5.98. The van der Waals surface area contributed by atoms with Crippen LogP contribution in [-0.2, 0) is 4.79 Å². The van der Waals surface area contributed by atoms with E-state index in [1.165, 1.54) is 17.8 Å². The van der Waals surface area contributed by atoms with Crippen molar-refractivity contribution in [2.24, 2.45) is 0 Å². The van der Waals surface area contributed by atoms with Gasteiger partial charge < -0.3 is 15.5 Å². The van der Waals surface area contributed by atoms with E-state index in [9.17, 15) is 9.18 Å². The van der Waals surface area contributed by atoms with Crippen LogP contribution in [0.1, 0.15) is 29.2 Å². The van der Waals surface area contributed by atoms with Gasteiger partial charge in [-0.15, -0.1) is 0 Å². The van der Waals surface area contributed by atoms with Crippen molar-refractivity contribution < 1.29 is 9.18 Å². The summed E-state index contributed by atoms with van der Waals surface area (Å²) < 4.78 is 13.6. The van der Waals surface area contributed by atoms with Gasteiger partial charge in [0.25, 0.3) is 5.91 Å². The SMILES string of the molecule is Cc1cc(NC=C2C(=O)Nc3ccc(F)cc32)ccc1N1CCC(c2ccccn2)C1. The van der Waals surface area contributed by atoms with Gasteiger partial charge in [-0.25, -0.2) is 4.39 Å². The molecule has 1 amide bonds. The number of fused-ring (bicyclic) bond motifs is 1. The Labute approximate surface area is 180 Å². The maximum Gasteiger partial charge on any atom is 0.257 e. The molecule has 0 saturated carbocycles. The number of aromatic nitrogens is 1. The van der Waals surface area contributed by atoms with Crippen LogP contribution in [0, 0.1) is 12.7 Å². The number of anilines is 3. The zero-order valence-electron chi connectivity index (χ0n) is 17.2. The van der Waals surface area contributed by atoms with Crippen molar-refractivity contribution >= 4 is 28.5 Å². The molecule has 0 radical (unpaired) electrons. The Hall–Kier alpha value is -3.67. The van der Waals surface area contributed by atoms with Gasteiger partial charge in [-0.2, -0.15) is 0 Å². The highest BCUT2D eigenvalue weighted by Gasteiger charge is 2.26. The van der Waals surface area contributed by atoms with Crippen LogP contribution in [0.5, 0.6) is 0 Å². The molecule has 3 heterocycles. The molecule has 156 valence electrons. The van der Waals surface area contributed by atoms with Crippen LogP contribution in [-0.4, -0.2) is 24.0 Å².